The summed E-state index contributed by atoms with van der Waals surface area (Å²) < 4.78 is 25.0. The molecule has 0 aliphatic carbocycles. The van der Waals surface area contributed by atoms with E-state index in [1.807, 2.05) is 13.8 Å². The molecule has 0 aromatic carbocycles. The van der Waals surface area contributed by atoms with Crippen molar-refractivity contribution in [1.82, 2.24) is 0 Å². The highest BCUT2D eigenvalue weighted by Gasteiger charge is 2.05. The fourth-order valence-corrected chi connectivity index (χ4v) is 1.12. The maximum absolute atomic E-state index is 11.0. The summed E-state index contributed by atoms with van der Waals surface area (Å²) in [5.74, 6) is 0. The summed E-state index contributed by atoms with van der Waals surface area (Å²) in [6, 6.07) is 0. The van der Waals surface area contributed by atoms with E-state index in [1.54, 1.807) is 7.11 Å². The van der Waals surface area contributed by atoms with Crippen LogP contribution in [0.4, 0.5) is 4.79 Å². The number of methoxy groups -OCH3 is 1. The maximum atomic E-state index is 11.0. The van der Waals surface area contributed by atoms with Crippen molar-refractivity contribution < 1.29 is 28.5 Å². The lowest BCUT2D eigenvalue weighted by Gasteiger charge is -2.13. The van der Waals surface area contributed by atoms with E-state index in [0.717, 1.165) is 6.42 Å². The molecule has 18 heavy (non-hydrogen) atoms. The quantitative estimate of drug-likeness (QED) is 0.417. The molecule has 0 aromatic rings. The molecule has 0 amide bonds. The van der Waals surface area contributed by atoms with Gasteiger partial charge < -0.3 is 23.7 Å². The van der Waals surface area contributed by atoms with Gasteiger partial charge in [-0.05, 0) is 13.3 Å². The Labute approximate surface area is 108 Å². The zero-order chi connectivity index (χ0) is 13.6. The molecule has 6 nitrogen and oxygen atoms in total. The van der Waals surface area contributed by atoms with E-state index >= 15 is 0 Å². The molecular formula is C12H24O6. The zero-order valence-corrected chi connectivity index (χ0v) is 11.5. The average molecular weight is 264 g/mol. The number of rotatable bonds is 11. The third kappa shape index (κ3) is 10.3. The van der Waals surface area contributed by atoms with Crippen LogP contribution in [0.5, 0.6) is 0 Å². The molecule has 0 rings (SSSR count). The van der Waals surface area contributed by atoms with Crippen LogP contribution in [0, 0.1) is 0 Å². The van der Waals surface area contributed by atoms with Crippen molar-refractivity contribution in [3.63, 3.8) is 0 Å². The molecule has 0 saturated carbocycles. The lowest BCUT2D eigenvalue weighted by molar-refractivity contribution is -0.0177. The van der Waals surface area contributed by atoms with Gasteiger partial charge in [0, 0.05) is 13.7 Å². The molecule has 1 atom stereocenters. The number of ether oxygens (including phenoxy) is 5. The Hall–Kier alpha value is -0.850. The smallest absolute Gasteiger partial charge is 0.432 e. The average Bonchev–Trinajstić information content (AvgIpc) is 2.39. The van der Waals surface area contributed by atoms with Crippen molar-refractivity contribution >= 4 is 6.16 Å². The minimum Gasteiger partial charge on any atom is -0.432 e. The van der Waals surface area contributed by atoms with E-state index in [4.69, 9.17) is 23.7 Å². The first-order valence-corrected chi connectivity index (χ1v) is 6.22. The predicted octanol–water partition coefficient (Wildman–Crippen LogP) is 1.62. The van der Waals surface area contributed by atoms with Gasteiger partial charge >= 0.3 is 6.16 Å². The molecule has 108 valence electrons. The molecule has 0 saturated heterocycles. The Morgan fingerprint density at radius 3 is 2.11 bits per heavy atom. The van der Waals surface area contributed by atoms with Crippen LogP contribution in [0.3, 0.4) is 0 Å². The lowest BCUT2D eigenvalue weighted by Crippen LogP contribution is -2.20. The number of hydrogen-bond donors (Lipinski definition) is 0. The van der Waals surface area contributed by atoms with Gasteiger partial charge in [-0.1, -0.05) is 6.92 Å². The Balaban J connectivity index is 3.29. The minimum absolute atomic E-state index is 0.0862. The Morgan fingerprint density at radius 2 is 1.61 bits per heavy atom. The Bertz CT molecular complexity index is 193. The van der Waals surface area contributed by atoms with E-state index in [9.17, 15) is 4.79 Å². The second-order valence-corrected chi connectivity index (χ2v) is 3.48. The van der Waals surface area contributed by atoms with Crippen molar-refractivity contribution in [1.29, 1.82) is 0 Å². The van der Waals surface area contributed by atoms with Crippen LogP contribution in [0.1, 0.15) is 20.3 Å². The molecule has 0 spiro atoms. The van der Waals surface area contributed by atoms with Gasteiger partial charge in [0.15, 0.2) is 0 Å². The molecule has 0 aliphatic rings. The molecular weight excluding hydrogens is 240 g/mol. The number of hydrogen-bond acceptors (Lipinski definition) is 6. The normalized spacial score (nSPS) is 12.2. The summed E-state index contributed by atoms with van der Waals surface area (Å²) in [6.07, 6.45) is 0.275. The van der Waals surface area contributed by atoms with E-state index in [1.165, 1.54) is 0 Å². The monoisotopic (exact) mass is 264 g/mol. The van der Waals surface area contributed by atoms with Crippen molar-refractivity contribution in [3.8, 4) is 0 Å². The van der Waals surface area contributed by atoms with E-state index in [-0.39, 0.29) is 19.3 Å². The highest BCUT2D eigenvalue weighted by molar-refractivity contribution is 5.59. The number of carbonyl (C=O) groups is 1. The third-order valence-corrected chi connectivity index (χ3v) is 2.19. The summed E-state index contributed by atoms with van der Waals surface area (Å²) in [4.78, 5) is 11.0. The van der Waals surface area contributed by atoms with Gasteiger partial charge in [-0.2, -0.15) is 0 Å². The van der Waals surface area contributed by atoms with E-state index in [2.05, 4.69) is 0 Å². The maximum Gasteiger partial charge on any atom is 0.508 e. The second-order valence-electron chi connectivity index (χ2n) is 3.48. The lowest BCUT2D eigenvalue weighted by atomic mass is 10.3. The van der Waals surface area contributed by atoms with Gasteiger partial charge in [-0.25, -0.2) is 4.79 Å². The Morgan fingerprint density at radius 1 is 1.00 bits per heavy atom. The molecule has 0 bridgehead atoms. The molecule has 6 heteroatoms. The van der Waals surface area contributed by atoms with Crippen LogP contribution in [-0.4, -0.2) is 59.0 Å². The van der Waals surface area contributed by atoms with Gasteiger partial charge in [0.2, 0.25) is 0 Å². The van der Waals surface area contributed by atoms with Crippen molar-refractivity contribution in [2.24, 2.45) is 0 Å². The van der Waals surface area contributed by atoms with Crippen LogP contribution in [-0.2, 0) is 23.7 Å². The third-order valence-electron chi connectivity index (χ3n) is 2.19. The van der Waals surface area contributed by atoms with Gasteiger partial charge in [0.05, 0.1) is 25.9 Å². The summed E-state index contributed by atoms with van der Waals surface area (Å²) in [6.45, 7) is 6.08. The second kappa shape index (κ2) is 12.6. The van der Waals surface area contributed by atoms with Crippen LogP contribution in [0.15, 0.2) is 0 Å². The fraction of sp³-hybridized carbons (Fsp3) is 0.917. The van der Waals surface area contributed by atoms with Crippen LogP contribution < -0.4 is 0 Å². The summed E-state index contributed by atoms with van der Waals surface area (Å²) >= 11 is 0. The van der Waals surface area contributed by atoms with Crippen LogP contribution in [0.2, 0.25) is 0 Å². The minimum atomic E-state index is -0.697. The van der Waals surface area contributed by atoms with Crippen LogP contribution in [0.25, 0.3) is 0 Å². The molecule has 0 heterocycles. The Kier molecular flexibility index (Phi) is 12.0. The highest BCUT2D eigenvalue weighted by atomic mass is 16.7. The first kappa shape index (κ1) is 17.2. The fourth-order valence-electron chi connectivity index (χ4n) is 1.12. The largest absolute Gasteiger partial charge is 0.508 e. The molecule has 0 aliphatic heterocycles. The zero-order valence-electron chi connectivity index (χ0n) is 11.5. The van der Waals surface area contributed by atoms with E-state index in [0.29, 0.717) is 26.4 Å². The summed E-state index contributed by atoms with van der Waals surface area (Å²) in [5.41, 5.74) is 0. The van der Waals surface area contributed by atoms with Crippen LogP contribution >= 0.6 is 0 Å². The molecule has 0 N–H and O–H groups in total. The van der Waals surface area contributed by atoms with E-state index < -0.39 is 6.16 Å². The summed E-state index contributed by atoms with van der Waals surface area (Å²) in [7, 11) is 1.64. The molecule has 0 radical (unpaired) electrons. The van der Waals surface area contributed by atoms with Gasteiger partial charge in [-0.3, -0.25) is 0 Å². The first-order valence-electron chi connectivity index (χ1n) is 6.22. The molecule has 0 fully saturated rings. The first-order chi connectivity index (χ1) is 8.74. The summed E-state index contributed by atoms with van der Waals surface area (Å²) in [5, 5.41) is 0. The van der Waals surface area contributed by atoms with Crippen molar-refractivity contribution in [3.05, 3.63) is 0 Å². The molecule has 1 unspecified atom stereocenters. The van der Waals surface area contributed by atoms with Gasteiger partial charge in [0.1, 0.15) is 13.2 Å². The highest BCUT2D eigenvalue weighted by Crippen LogP contribution is 1.96. The van der Waals surface area contributed by atoms with Gasteiger partial charge in [-0.15, -0.1) is 0 Å². The predicted molar refractivity (Wildman–Crippen MR) is 65.7 cm³/mol. The standard InChI is InChI=1S/C12H24O6/c1-4-11(14-3)10-16-7-9-18-12(13)17-8-6-15-5-2/h11H,4-10H2,1-3H3. The SMILES string of the molecule is CCOCCOC(=O)OCCOCC(CC)OC. The number of carbonyl (C=O) groups excluding carboxylic acids is 1. The van der Waals surface area contributed by atoms with Gasteiger partial charge in [0.25, 0.3) is 0 Å². The van der Waals surface area contributed by atoms with Crippen molar-refractivity contribution in [2.75, 3.05) is 46.8 Å². The topological polar surface area (TPSA) is 63.2 Å². The molecule has 0 aromatic heterocycles. The van der Waals surface area contributed by atoms with Crippen molar-refractivity contribution in [2.45, 2.75) is 26.4 Å².